The molecule has 0 saturated carbocycles. The molecule has 1 heterocycles. The van der Waals surface area contributed by atoms with Crippen molar-refractivity contribution in [2.75, 3.05) is 25.6 Å². The Morgan fingerprint density at radius 1 is 1.19 bits per heavy atom. The molecule has 1 aromatic heterocycles. The van der Waals surface area contributed by atoms with E-state index in [9.17, 15) is 9.59 Å². The number of ether oxygens (including phenoxy) is 1. The molecule has 3 aromatic rings. The number of nitrogens with zero attached hydrogens (tertiary/aromatic N) is 1. The van der Waals surface area contributed by atoms with Crippen LogP contribution in [0.2, 0.25) is 5.02 Å². The van der Waals surface area contributed by atoms with E-state index in [4.69, 9.17) is 16.3 Å². The SMILES string of the molecule is COCCNC(=O)C(Cc1ccccc1)NC(=O)c1csc(Nc2cc(Cl)ccc2C)n1. The van der Waals surface area contributed by atoms with Crippen molar-refractivity contribution in [2.24, 2.45) is 0 Å². The van der Waals surface area contributed by atoms with Crippen molar-refractivity contribution in [2.45, 2.75) is 19.4 Å². The molecule has 168 valence electrons. The first kappa shape index (κ1) is 23.7. The second kappa shape index (κ2) is 11.6. The third-order valence-electron chi connectivity index (χ3n) is 4.69. The zero-order chi connectivity index (χ0) is 22.9. The van der Waals surface area contributed by atoms with Crippen LogP contribution in [0, 0.1) is 6.92 Å². The van der Waals surface area contributed by atoms with E-state index >= 15 is 0 Å². The van der Waals surface area contributed by atoms with Crippen LogP contribution in [0.4, 0.5) is 10.8 Å². The number of nitrogens with one attached hydrogen (secondary N) is 3. The summed E-state index contributed by atoms with van der Waals surface area (Å²) < 4.78 is 4.98. The molecule has 2 amide bonds. The van der Waals surface area contributed by atoms with Gasteiger partial charge in [0, 0.05) is 36.2 Å². The fourth-order valence-corrected chi connectivity index (χ4v) is 3.85. The highest BCUT2D eigenvalue weighted by molar-refractivity contribution is 7.14. The van der Waals surface area contributed by atoms with Gasteiger partial charge in [0.25, 0.3) is 5.91 Å². The molecule has 3 N–H and O–H groups in total. The molecule has 2 aromatic carbocycles. The van der Waals surface area contributed by atoms with Gasteiger partial charge in [0.2, 0.25) is 5.91 Å². The van der Waals surface area contributed by atoms with Crippen LogP contribution in [0.15, 0.2) is 53.9 Å². The number of hydrogen-bond acceptors (Lipinski definition) is 6. The number of amides is 2. The zero-order valence-corrected chi connectivity index (χ0v) is 19.4. The molecule has 1 atom stereocenters. The van der Waals surface area contributed by atoms with Crippen LogP contribution < -0.4 is 16.0 Å². The van der Waals surface area contributed by atoms with Gasteiger partial charge in [-0.15, -0.1) is 11.3 Å². The van der Waals surface area contributed by atoms with Gasteiger partial charge in [-0.1, -0.05) is 48.0 Å². The predicted octanol–water partition coefficient (Wildman–Crippen LogP) is 3.95. The fourth-order valence-electron chi connectivity index (χ4n) is 2.97. The quantitative estimate of drug-likeness (QED) is 0.388. The number of carbonyl (C=O) groups excluding carboxylic acids is 2. The normalized spacial score (nSPS) is 11.6. The van der Waals surface area contributed by atoms with E-state index in [1.54, 1.807) is 18.6 Å². The summed E-state index contributed by atoms with van der Waals surface area (Å²) in [5, 5.41) is 11.6. The molecular weight excluding hydrogens is 448 g/mol. The number of halogens is 1. The van der Waals surface area contributed by atoms with Crippen molar-refractivity contribution in [1.82, 2.24) is 15.6 Å². The number of aromatic nitrogens is 1. The molecule has 32 heavy (non-hydrogen) atoms. The molecule has 0 saturated heterocycles. The van der Waals surface area contributed by atoms with E-state index in [1.165, 1.54) is 11.3 Å². The Morgan fingerprint density at radius 2 is 1.97 bits per heavy atom. The van der Waals surface area contributed by atoms with Gasteiger partial charge >= 0.3 is 0 Å². The van der Waals surface area contributed by atoms with Crippen molar-refractivity contribution in [3.8, 4) is 0 Å². The Kier molecular flexibility index (Phi) is 8.61. The van der Waals surface area contributed by atoms with E-state index in [0.717, 1.165) is 16.8 Å². The minimum atomic E-state index is -0.741. The second-order valence-electron chi connectivity index (χ2n) is 7.12. The summed E-state index contributed by atoms with van der Waals surface area (Å²) in [6, 6.07) is 14.3. The van der Waals surface area contributed by atoms with Crippen LogP contribution >= 0.6 is 22.9 Å². The first-order valence-corrected chi connectivity index (χ1v) is 11.3. The minimum absolute atomic E-state index is 0.236. The number of rotatable bonds is 10. The van der Waals surface area contributed by atoms with Crippen molar-refractivity contribution in [3.05, 3.63) is 75.8 Å². The lowest BCUT2D eigenvalue weighted by molar-refractivity contribution is -0.123. The molecule has 0 aliphatic heterocycles. The van der Waals surface area contributed by atoms with Gasteiger partial charge in [-0.25, -0.2) is 4.98 Å². The maximum atomic E-state index is 12.8. The van der Waals surface area contributed by atoms with Crippen molar-refractivity contribution in [1.29, 1.82) is 0 Å². The summed E-state index contributed by atoms with van der Waals surface area (Å²) in [7, 11) is 1.56. The lowest BCUT2D eigenvalue weighted by Crippen LogP contribution is -2.48. The summed E-state index contributed by atoms with van der Waals surface area (Å²) >= 11 is 7.37. The van der Waals surface area contributed by atoms with Crippen LogP contribution in [0.25, 0.3) is 0 Å². The first-order valence-electron chi connectivity index (χ1n) is 10.1. The van der Waals surface area contributed by atoms with Gasteiger partial charge in [0.05, 0.1) is 6.61 Å². The Balaban J connectivity index is 1.69. The number of anilines is 2. The Hall–Kier alpha value is -2.94. The summed E-state index contributed by atoms with van der Waals surface area (Å²) in [6.07, 6.45) is 0.363. The summed E-state index contributed by atoms with van der Waals surface area (Å²) in [5.41, 5.74) is 3.00. The Morgan fingerprint density at radius 3 is 2.72 bits per heavy atom. The summed E-state index contributed by atoms with van der Waals surface area (Å²) in [6.45, 7) is 2.71. The molecule has 0 bridgehead atoms. The van der Waals surface area contributed by atoms with Crippen molar-refractivity contribution in [3.63, 3.8) is 0 Å². The van der Waals surface area contributed by atoms with Gasteiger partial charge in [-0.05, 0) is 30.2 Å². The largest absolute Gasteiger partial charge is 0.383 e. The van der Waals surface area contributed by atoms with Gasteiger partial charge in [-0.2, -0.15) is 0 Å². The maximum Gasteiger partial charge on any atom is 0.271 e. The molecule has 3 rings (SSSR count). The maximum absolute atomic E-state index is 12.8. The number of hydrogen-bond donors (Lipinski definition) is 3. The lowest BCUT2D eigenvalue weighted by Gasteiger charge is -2.18. The third-order valence-corrected chi connectivity index (χ3v) is 5.68. The number of carbonyl (C=O) groups is 2. The van der Waals surface area contributed by atoms with Gasteiger partial charge in [0.1, 0.15) is 11.7 Å². The van der Waals surface area contributed by atoms with Crippen LogP contribution in [-0.2, 0) is 16.0 Å². The van der Waals surface area contributed by atoms with E-state index in [2.05, 4.69) is 20.9 Å². The fraction of sp³-hybridized carbons (Fsp3) is 0.261. The average molecular weight is 473 g/mol. The molecule has 1 unspecified atom stereocenters. The van der Waals surface area contributed by atoms with Gasteiger partial charge in [0.15, 0.2) is 5.13 Å². The monoisotopic (exact) mass is 472 g/mol. The predicted molar refractivity (Wildman–Crippen MR) is 128 cm³/mol. The van der Waals surface area contributed by atoms with Gasteiger partial charge < -0.3 is 20.7 Å². The minimum Gasteiger partial charge on any atom is -0.383 e. The van der Waals surface area contributed by atoms with Crippen molar-refractivity contribution < 1.29 is 14.3 Å². The molecule has 0 radical (unpaired) electrons. The average Bonchev–Trinajstić information content (AvgIpc) is 3.25. The summed E-state index contributed by atoms with van der Waals surface area (Å²) in [5.74, 6) is -0.692. The second-order valence-corrected chi connectivity index (χ2v) is 8.42. The third kappa shape index (κ3) is 6.78. The Bertz CT molecular complexity index is 1060. The van der Waals surface area contributed by atoms with Crippen molar-refractivity contribution >= 4 is 45.6 Å². The number of thiazole rings is 1. The molecule has 7 nitrogen and oxygen atoms in total. The van der Waals surface area contributed by atoms with Crippen LogP contribution in [0.1, 0.15) is 21.6 Å². The highest BCUT2D eigenvalue weighted by Crippen LogP contribution is 2.26. The molecule has 0 aliphatic rings. The molecule has 9 heteroatoms. The first-order chi connectivity index (χ1) is 15.5. The van der Waals surface area contributed by atoms with Crippen LogP contribution in [0.3, 0.4) is 0 Å². The van der Waals surface area contributed by atoms with E-state index in [0.29, 0.717) is 29.7 Å². The number of aryl methyl sites for hydroxylation is 1. The van der Waals surface area contributed by atoms with Gasteiger partial charge in [-0.3, -0.25) is 9.59 Å². The molecule has 0 aliphatic carbocycles. The lowest BCUT2D eigenvalue weighted by atomic mass is 10.1. The molecule has 0 spiro atoms. The van der Waals surface area contributed by atoms with Crippen LogP contribution in [-0.4, -0.2) is 43.1 Å². The topological polar surface area (TPSA) is 92.4 Å². The highest BCUT2D eigenvalue weighted by Gasteiger charge is 2.23. The number of benzene rings is 2. The van der Waals surface area contributed by atoms with E-state index < -0.39 is 11.9 Å². The smallest absolute Gasteiger partial charge is 0.271 e. The highest BCUT2D eigenvalue weighted by atomic mass is 35.5. The summed E-state index contributed by atoms with van der Waals surface area (Å²) in [4.78, 5) is 29.9. The van der Waals surface area contributed by atoms with E-state index in [-0.39, 0.29) is 11.6 Å². The Labute approximate surface area is 196 Å². The molecular formula is C23H25ClN4O3S. The standard InChI is InChI=1S/C23H25ClN4O3S/c1-15-8-9-17(24)13-18(15)27-23-28-20(14-32-23)22(30)26-19(21(29)25-10-11-31-2)12-16-6-4-3-5-7-16/h3-9,13-14,19H,10-12H2,1-2H3,(H,25,29)(H,26,30)(H,27,28). The number of methoxy groups -OCH3 is 1. The zero-order valence-electron chi connectivity index (χ0n) is 17.9. The van der Waals surface area contributed by atoms with Crippen LogP contribution in [0.5, 0.6) is 0 Å². The molecule has 0 fully saturated rings. The van der Waals surface area contributed by atoms with E-state index in [1.807, 2.05) is 49.4 Å².